The fraction of sp³-hybridized carbons (Fsp3) is 0.318. The molecular formula is C22H22FN5O2. The Hall–Kier alpha value is -3.42. The number of amides is 3. The predicted molar refractivity (Wildman–Crippen MR) is 109 cm³/mol. The van der Waals surface area contributed by atoms with E-state index in [2.05, 4.69) is 17.0 Å². The first-order valence-corrected chi connectivity index (χ1v) is 9.99. The highest BCUT2D eigenvalue weighted by Crippen LogP contribution is 2.32. The van der Waals surface area contributed by atoms with E-state index in [9.17, 15) is 14.0 Å². The van der Waals surface area contributed by atoms with E-state index < -0.39 is 24.1 Å². The molecule has 7 nitrogen and oxygen atoms in total. The van der Waals surface area contributed by atoms with Crippen molar-refractivity contribution in [3.05, 3.63) is 71.5 Å². The minimum Gasteiger partial charge on any atom is -0.337 e. The van der Waals surface area contributed by atoms with Gasteiger partial charge in [0.15, 0.2) is 18.2 Å². The molecule has 2 atom stereocenters. The molecule has 30 heavy (non-hydrogen) atoms. The zero-order valence-electron chi connectivity index (χ0n) is 16.6. The molecule has 5 rings (SSSR count). The van der Waals surface area contributed by atoms with Crippen LogP contribution in [0.1, 0.15) is 11.1 Å². The van der Waals surface area contributed by atoms with Gasteiger partial charge in [0.2, 0.25) is 0 Å². The average Bonchev–Trinajstić information content (AvgIpc) is 3.32. The van der Waals surface area contributed by atoms with Crippen molar-refractivity contribution in [2.45, 2.75) is 25.3 Å². The number of fused-ring (bicyclic) bond motifs is 3. The van der Waals surface area contributed by atoms with Crippen molar-refractivity contribution in [3.63, 3.8) is 0 Å². The first kappa shape index (κ1) is 18.6. The standard InChI is InChI=1S/C22H22FN5O2/c1-25-19-18(20(29)28(22(25)30)14-16-9-5-6-10-17(16)23)27-12-11-26(21(27)24-19)13-15-7-3-2-4-8-15/h2-10,18-19H,11-14H2,1H3. The maximum absolute atomic E-state index is 14.1. The van der Waals surface area contributed by atoms with Crippen molar-refractivity contribution >= 4 is 17.9 Å². The summed E-state index contributed by atoms with van der Waals surface area (Å²) in [6.45, 7) is 2.03. The van der Waals surface area contributed by atoms with Crippen LogP contribution in [0.25, 0.3) is 0 Å². The Labute approximate surface area is 174 Å². The van der Waals surface area contributed by atoms with Crippen molar-refractivity contribution in [1.82, 2.24) is 19.6 Å². The van der Waals surface area contributed by atoms with Gasteiger partial charge in [-0.1, -0.05) is 48.5 Å². The molecule has 2 saturated heterocycles. The Morgan fingerprint density at radius 3 is 2.50 bits per heavy atom. The highest BCUT2D eigenvalue weighted by Gasteiger charge is 2.54. The van der Waals surface area contributed by atoms with Crippen LogP contribution in [0.3, 0.4) is 0 Å². The molecule has 0 saturated carbocycles. The van der Waals surface area contributed by atoms with Gasteiger partial charge >= 0.3 is 6.03 Å². The van der Waals surface area contributed by atoms with E-state index in [1.807, 2.05) is 23.1 Å². The SMILES string of the molecule is CN1C(=O)N(Cc2ccccc2F)C(=O)C2C1N=C1N(Cc3ccccc3)CCN12. The number of guanidine groups is 1. The number of carbonyl (C=O) groups excluding carboxylic acids is 2. The maximum atomic E-state index is 14.1. The predicted octanol–water partition coefficient (Wildman–Crippen LogP) is 2.10. The van der Waals surface area contributed by atoms with Crippen LogP contribution >= 0.6 is 0 Å². The van der Waals surface area contributed by atoms with Crippen molar-refractivity contribution in [2.24, 2.45) is 4.99 Å². The molecular weight excluding hydrogens is 385 g/mol. The quantitative estimate of drug-likeness (QED) is 0.779. The summed E-state index contributed by atoms with van der Waals surface area (Å²) in [5.41, 5.74) is 1.48. The highest BCUT2D eigenvalue weighted by atomic mass is 19.1. The third kappa shape index (κ3) is 2.91. The smallest absolute Gasteiger partial charge is 0.328 e. The molecule has 0 spiro atoms. The number of benzene rings is 2. The van der Waals surface area contributed by atoms with Gasteiger partial charge in [-0.3, -0.25) is 9.69 Å². The molecule has 154 valence electrons. The van der Waals surface area contributed by atoms with Gasteiger partial charge < -0.3 is 14.7 Å². The summed E-state index contributed by atoms with van der Waals surface area (Å²) in [6.07, 6.45) is -0.560. The number of rotatable bonds is 4. The summed E-state index contributed by atoms with van der Waals surface area (Å²) in [6, 6.07) is 15.3. The van der Waals surface area contributed by atoms with Crippen molar-refractivity contribution in [1.29, 1.82) is 0 Å². The average molecular weight is 407 g/mol. The van der Waals surface area contributed by atoms with Crippen LogP contribution in [-0.2, 0) is 17.9 Å². The van der Waals surface area contributed by atoms with Crippen LogP contribution in [-0.4, -0.2) is 69.8 Å². The number of nitrogens with zero attached hydrogens (tertiary/aromatic N) is 5. The summed E-state index contributed by atoms with van der Waals surface area (Å²) in [7, 11) is 1.65. The van der Waals surface area contributed by atoms with E-state index in [-0.39, 0.29) is 12.5 Å². The summed E-state index contributed by atoms with van der Waals surface area (Å²) < 4.78 is 14.1. The molecule has 3 aliphatic heterocycles. The second-order valence-corrected chi connectivity index (χ2v) is 7.80. The molecule has 0 aromatic heterocycles. The highest BCUT2D eigenvalue weighted by molar-refractivity contribution is 6.04. The molecule has 0 radical (unpaired) electrons. The molecule has 3 amide bonds. The molecule has 3 aliphatic rings. The normalized spacial score (nSPS) is 23.1. The maximum Gasteiger partial charge on any atom is 0.328 e. The number of likely N-dealkylation sites (N-methyl/N-ethyl adjacent to an activating group) is 1. The number of imide groups is 1. The van der Waals surface area contributed by atoms with E-state index in [4.69, 9.17) is 4.99 Å². The lowest BCUT2D eigenvalue weighted by atomic mass is 10.1. The zero-order valence-corrected chi connectivity index (χ0v) is 16.6. The first-order valence-electron chi connectivity index (χ1n) is 9.99. The van der Waals surface area contributed by atoms with Gasteiger partial charge in [-0.05, 0) is 11.6 Å². The fourth-order valence-electron chi connectivity index (χ4n) is 4.39. The Kier molecular flexibility index (Phi) is 4.42. The molecule has 2 aromatic rings. The lowest BCUT2D eigenvalue weighted by Gasteiger charge is -2.40. The lowest BCUT2D eigenvalue weighted by Crippen LogP contribution is -2.64. The van der Waals surface area contributed by atoms with Gasteiger partial charge in [-0.15, -0.1) is 0 Å². The third-order valence-corrected chi connectivity index (χ3v) is 5.97. The van der Waals surface area contributed by atoms with Crippen molar-refractivity contribution in [3.8, 4) is 0 Å². The van der Waals surface area contributed by atoms with Gasteiger partial charge in [-0.2, -0.15) is 0 Å². The minimum atomic E-state index is -0.574. The van der Waals surface area contributed by atoms with Crippen molar-refractivity contribution < 1.29 is 14.0 Å². The largest absolute Gasteiger partial charge is 0.337 e. The van der Waals surface area contributed by atoms with E-state index in [0.29, 0.717) is 18.7 Å². The number of hydrogen-bond donors (Lipinski definition) is 0. The minimum absolute atomic E-state index is 0.0885. The van der Waals surface area contributed by atoms with Crippen LogP contribution < -0.4 is 0 Å². The first-order chi connectivity index (χ1) is 14.5. The molecule has 2 unspecified atom stereocenters. The summed E-state index contributed by atoms with van der Waals surface area (Å²) >= 11 is 0. The molecule has 3 heterocycles. The van der Waals surface area contributed by atoms with Gasteiger partial charge in [0.1, 0.15) is 5.82 Å². The van der Waals surface area contributed by atoms with E-state index in [1.54, 1.807) is 25.2 Å². The number of urea groups is 1. The van der Waals surface area contributed by atoms with Crippen LogP contribution in [0.2, 0.25) is 0 Å². The number of hydrogen-bond acceptors (Lipinski definition) is 5. The summed E-state index contributed by atoms with van der Waals surface area (Å²) in [5, 5.41) is 0. The van der Waals surface area contributed by atoms with Gasteiger partial charge in [0, 0.05) is 32.2 Å². The van der Waals surface area contributed by atoms with Crippen molar-refractivity contribution in [2.75, 3.05) is 20.1 Å². The zero-order chi connectivity index (χ0) is 20.8. The topological polar surface area (TPSA) is 59.5 Å². The van der Waals surface area contributed by atoms with Crippen LogP contribution in [0.4, 0.5) is 9.18 Å². The Morgan fingerprint density at radius 2 is 1.73 bits per heavy atom. The molecule has 0 aliphatic carbocycles. The molecule has 0 N–H and O–H groups in total. The monoisotopic (exact) mass is 407 g/mol. The summed E-state index contributed by atoms with van der Waals surface area (Å²) in [4.78, 5) is 37.7. The Balaban J connectivity index is 1.40. The van der Waals surface area contributed by atoms with Crippen LogP contribution in [0, 0.1) is 5.82 Å². The van der Waals surface area contributed by atoms with E-state index >= 15 is 0 Å². The lowest BCUT2D eigenvalue weighted by molar-refractivity contribution is -0.137. The molecule has 8 heteroatoms. The molecule has 2 aromatic carbocycles. The number of carbonyl (C=O) groups is 2. The van der Waals surface area contributed by atoms with Gasteiger partial charge in [-0.25, -0.2) is 14.2 Å². The second-order valence-electron chi connectivity index (χ2n) is 7.80. The van der Waals surface area contributed by atoms with Crippen LogP contribution in [0.5, 0.6) is 0 Å². The molecule has 0 bridgehead atoms. The number of aliphatic imine (C=N–C) groups is 1. The fourth-order valence-corrected chi connectivity index (χ4v) is 4.39. The Morgan fingerprint density at radius 1 is 1.00 bits per heavy atom. The Bertz CT molecular complexity index is 1030. The van der Waals surface area contributed by atoms with Gasteiger partial charge in [0.25, 0.3) is 5.91 Å². The number of halogens is 1. The van der Waals surface area contributed by atoms with Crippen LogP contribution in [0.15, 0.2) is 59.6 Å². The second kappa shape index (κ2) is 7.12. The molecule has 2 fully saturated rings. The third-order valence-electron chi connectivity index (χ3n) is 5.97. The summed E-state index contributed by atoms with van der Waals surface area (Å²) in [5.74, 6) is -0.0114. The van der Waals surface area contributed by atoms with E-state index in [1.165, 1.54) is 11.0 Å². The van der Waals surface area contributed by atoms with Gasteiger partial charge in [0.05, 0.1) is 6.54 Å². The van der Waals surface area contributed by atoms with E-state index in [0.717, 1.165) is 23.0 Å².